The van der Waals surface area contributed by atoms with E-state index in [-0.39, 0.29) is 31.1 Å². The van der Waals surface area contributed by atoms with Gasteiger partial charge in [0, 0.05) is 32.2 Å². The van der Waals surface area contributed by atoms with Gasteiger partial charge in [-0.15, -0.1) is 0 Å². The number of hydrogen-bond acceptors (Lipinski definition) is 9. The Morgan fingerprint density at radius 1 is 1.00 bits per heavy atom. The van der Waals surface area contributed by atoms with Crippen LogP contribution in [0.15, 0.2) is 30.3 Å². The zero-order valence-electron chi connectivity index (χ0n) is 28.9. The molecule has 1 saturated heterocycles. The minimum absolute atomic E-state index is 0.135. The number of nitrogens with zero attached hydrogens (tertiary/aromatic N) is 1. The van der Waals surface area contributed by atoms with Crippen LogP contribution in [0.1, 0.15) is 90.0 Å². The van der Waals surface area contributed by atoms with Gasteiger partial charge in [0.15, 0.2) is 0 Å². The Kier molecular flexibility index (Phi) is 16.5. The first kappa shape index (κ1) is 40.0. The summed E-state index contributed by atoms with van der Waals surface area (Å²) in [5.74, 6) is -2.44. The van der Waals surface area contributed by atoms with Crippen molar-refractivity contribution in [3.63, 3.8) is 0 Å². The van der Waals surface area contributed by atoms with E-state index < -0.39 is 55.7 Å². The molecule has 4 amide bonds. The third kappa shape index (κ3) is 13.1. The topological polar surface area (TPSA) is 190 Å². The van der Waals surface area contributed by atoms with Crippen LogP contribution in [-0.4, -0.2) is 90.4 Å². The lowest BCUT2D eigenvalue weighted by Crippen LogP contribution is -2.52. The summed E-state index contributed by atoms with van der Waals surface area (Å²) >= 11 is 0. The number of unbranched alkanes of at least 4 members (excludes halogenated alkanes) is 2. The van der Waals surface area contributed by atoms with Crippen molar-refractivity contribution in [1.29, 1.82) is 0 Å². The molecule has 1 aromatic rings. The maximum Gasteiger partial charge on any atom is 0.407 e. The summed E-state index contributed by atoms with van der Waals surface area (Å²) < 4.78 is 30.0. The molecule has 0 radical (unpaired) electrons. The van der Waals surface area contributed by atoms with Crippen molar-refractivity contribution in [2.24, 2.45) is 5.92 Å². The Morgan fingerprint density at radius 3 is 2.37 bits per heavy atom. The van der Waals surface area contributed by atoms with Gasteiger partial charge in [0.1, 0.15) is 24.8 Å². The second kappa shape index (κ2) is 20.3. The van der Waals surface area contributed by atoms with Gasteiger partial charge in [-0.1, -0.05) is 56.5 Å². The molecule has 2 fully saturated rings. The molecule has 1 heterocycles. The van der Waals surface area contributed by atoms with Crippen LogP contribution in [0.5, 0.6) is 0 Å². The third-order valence-electron chi connectivity index (χ3n) is 8.97. The Labute approximate surface area is 288 Å². The zero-order valence-corrected chi connectivity index (χ0v) is 29.8. The van der Waals surface area contributed by atoms with Crippen molar-refractivity contribution in [3.05, 3.63) is 35.9 Å². The summed E-state index contributed by atoms with van der Waals surface area (Å²) in [6.45, 7) is 4.13. The van der Waals surface area contributed by atoms with Crippen LogP contribution in [0.4, 0.5) is 4.79 Å². The molecule has 0 bridgehead atoms. The molecule has 15 heteroatoms. The van der Waals surface area contributed by atoms with Crippen molar-refractivity contribution in [1.82, 2.24) is 20.9 Å². The third-order valence-corrected chi connectivity index (χ3v) is 11.1. The Bertz CT molecular complexity index is 1290. The number of nitrogens with one attached hydrogen (secondary N) is 3. The summed E-state index contributed by atoms with van der Waals surface area (Å²) in [5.41, 5.74) is 0.873. The highest BCUT2D eigenvalue weighted by atomic mass is 31.2. The smallest absolute Gasteiger partial charge is 0.407 e. The van der Waals surface area contributed by atoms with Gasteiger partial charge in [0.25, 0.3) is 5.91 Å². The monoisotopic (exact) mass is 708 g/mol. The Morgan fingerprint density at radius 2 is 1.73 bits per heavy atom. The fourth-order valence-corrected chi connectivity index (χ4v) is 7.57. The standard InChI is InChI=1S/C34H53N4O10P/c1-4-5-17-27(23-49(45,46-3)48-24(2)32(41)38-21-12-19-29(38)33(42)43)36-31(40)28(37-30(39)26-15-11-16-26)18-9-10-20-35-34(44)47-22-25-13-7-6-8-14-25/h6-8,13-14,24,26-29H,4-5,9-12,15-23H2,1-3H3,(H,35,44)(H,36,40)(H,37,39)(H,42,43)/t24-,27-,28-,29-,49?/m0/s1. The SMILES string of the molecule is CCCC[C@@H](CP(=O)(OC)O[C@@H](C)C(=O)N1CCC[C@H]1C(=O)O)NC(=O)[C@H](CCCCNC(=O)OCc1ccccc1)NC(=O)C1CCC1. The van der Waals surface area contributed by atoms with Crippen molar-refractivity contribution in [3.8, 4) is 0 Å². The second-order valence-electron chi connectivity index (χ2n) is 12.8. The van der Waals surface area contributed by atoms with Crippen molar-refractivity contribution in [2.45, 2.75) is 115 Å². The van der Waals surface area contributed by atoms with Crippen LogP contribution in [0, 0.1) is 5.92 Å². The van der Waals surface area contributed by atoms with Gasteiger partial charge in [-0.05, 0) is 63.9 Å². The summed E-state index contributed by atoms with van der Waals surface area (Å²) in [6.07, 6.45) is 4.71. The van der Waals surface area contributed by atoms with Gasteiger partial charge in [0.05, 0.1) is 6.16 Å². The first-order chi connectivity index (χ1) is 23.5. The number of aliphatic carboxylic acids is 1. The van der Waals surface area contributed by atoms with Gasteiger partial charge in [-0.3, -0.25) is 23.5 Å². The van der Waals surface area contributed by atoms with Crippen molar-refractivity contribution >= 4 is 37.4 Å². The number of alkyl carbamates (subject to hydrolysis) is 1. The predicted octanol–water partition coefficient (Wildman–Crippen LogP) is 4.36. The van der Waals surface area contributed by atoms with Crippen LogP contribution in [0.2, 0.25) is 0 Å². The van der Waals surface area contributed by atoms with Crippen LogP contribution < -0.4 is 16.0 Å². The number of hydrogen-bond donors (Lipinski definition) is 4. The lowest BCUT2D eigenvalue weighted by atomic mass is 9.84. The lowest BCUT2D eigenvalue weighted by molar-refractivity contribution is -0.151. The van der Waals surface area contributed by atoms with Gasteiger partial charge in [-0.2, -0.15) is 0 Å². The fraction of sp³-hybridized carbons (Fsp3) is 0.676. The molecule has 1 saturated carbocycles. The molecule has 0 aromatic heterocycles. The van der Waals surface area contributed by atoms with Gasteiger partial charge in [-0.25, -0.2) is 9.59 Å². The minimum atomic E-state index is -3.93. The van der Waals surface area contributed by atoms with Crippen LogP contribution >= 0.6 is 7.60 Å². The van der Waals surface area contributed by atoms with E-state index in [9.17, 15) is 33.6 Å². The van der Waals surface area contributed by atoms with E-state index in [0.29, 0.717) is 51.5 Å². The molecule has 2 aliphatic rings. The van der Waals surface area contributed by atoms with E-state index in [1.54, 1.807) is 0 Å². The summed E-state index contributed by atoms with van der Waals surface area (Å²) in [7, 11) is -2.72. The zero-order chi connectivity index (χ0) is 35.8. The van der Waals surface area contributed by atoms with Gasteiger partial charge < -0.3 is 35.2 Å². The first-order valence-corrected chi connectivity index (χ1v) is 19.1. The Hall–Kier alpha value is -3.48. The van der Waals surface area contributed by atoms with E-state index in [1.165, 1.54) is 18.9 Å². The molecule has 1 aliphatic heterocycles. The normalized spacial score (nSPS) is 19.1. The molecular weight excluding hydrogens is 655 g/mol. The molecule has 0 spiro atoms. The van der Waals surface area contributed by atoms with E-state index in [2.05, 4.69) is 16.0 Å². The molecular formula is C34H53N4O10P. The number of carbonyl (C=O) groups excluding carboxylic acids is 4. The number of carboxylic acid groups (broad SMARTS) is 1. The van der Waals surface area contributed by atoms with E-state index >= 15 is 0 Å². The first-order valence-electron chi connectivity index (χ1n) is 17.4. The van der Waals surface area contributed by atoms with Gasteiger partial charge in [0.2, 0.25) is 11.8 Å². The highest BCUT2D eigenvalue weighted by Gasteiger charge is 2.40. The quantitative estimate of drug-likeness (QED) is 0.105. The number of benzene rings is 1. The largest absolute Gasteiger partial charge is 0.480 e. The lowest BCUT2D eigenvalue weighted by Gasteiger charge is -2.30. The molecule has 49 heavy (non-hydrogen) atoms. The molecule has 274 valence electrons. The average molecular weight is 709 g/mol. The highest BCUT2D eigenvalue weighted by Crippen LogP contribution is 2.49. The summed E-state index contributed by atoms with van der Waals surface area (Å²) in [4.78, 5) is 64.5. The molecule has 5 atom stereocenters. The number of rotatable bonds is 21. The summed E-state index contributed by atoms with van der Waals surface area (Å²) in [6, 6.07) is 6.86. The number of likely N-dealkylation sites (tertiary alicyclic amines) is 1. The number of ether oxygens (including phenoxy) is 1. The fourth-order valence-electron chi connectivity index (χ4n) is 5.87. The predicted molar refractivity (Wildman–Crippen MR) is 182 cm³/mol. The van der Waals surface area contributed by atoms with Crippen molar-refractivity contribution < 1.29 is 47.4 Å². The van der Waals surface area contributed by atoms with Crippen LogP contribution in [-0.2, 0) is 44.1 Å². The Balaban J connectivity index is 1.58. The number of amides is 4. The molecule has 1 aliphatic carbocycles. The number of carbonyl (C=O) groups is 5. The van der Waals surface area contributed by atoms with Crippen molar-refractivity contribution in [2.75, 3.05) is 26.4 Å². The molecule has 4 N–H and O–H groups in total. The van der Waals surface area contributed by atoms with Gasteiger partial charge >= 0.3 is 19.7 Å². The maximum absolute atomic E-state index is 13.8. The maximum atomic E-state index is 13.8. The second-order valence-corrected chi connectivity index (χ2v) is 14.9. The average Bonchev–Trinajstić information content (AvgIpc) is 3.55. The van der Waals surface area contributed by atoms with Crippen LogP contribution in [0.3, 0.4) is 0 Å². The highest BCUT2D eigenvalue weighted by molar-refractivity contribution is 7.53. The van der Waals surface area contributed by atoms with E-state index in [1.807, 2.05) is 37.3 Å². The number of carboxylic acids is 1. The molecule has 3 rings (SSSR count). The van der Waals surface area contributed by atoms with Crippen LogP contribution in [0.25, 0.3) is 0 Å². The van der Waals surface area contributed by atoms with E-state index in [0.717, 1.165) is 31.2 Å². The molecule has 1 unspecified atom stereocenters. The summed E-state index contributed by atoms with van der Waals surface area (Å²) in [5, 5.41) is 18.0. The molecule has 14 nitrogen and oxygen atoms in total. The molecule has 1 aromatic carbocycles. The van der Waals surface area contributed by atoms with E-state index in [4.69, 9.17) is 13.8 Å². The minimum Gasteiger partial charge on any atom is -0.480 e.